The van der Waals surface area contributed by atoms with Crippen LogP contribution in [-0.4, -0.2) is 26.0 Å². The fourth-order valence-corrected chi connectivity index (χ4v) is 3.72. The number of hydrogen-bond acceptors (Lipinski definition) is 6. The Hall–Kier alpha value is -3.58. The minimum atomic E-state index is -0.502. The maximum Gasteiger partial charge on any atom is 0.343 e. The number of ether oxygens (including phenoxy) is 4. The van der Waals surface area contributed by atoms with Crippen molar-refractivity contribution >= 4 is 33.8 Å². The van der Waals surface area contributed by atoms with E-state index in [0.717, 1.165) is 4.47 Å². The number of halogens is 1. The second kappa shape index (κ2) is 8.88. The van der Waals surface area contributed by atoms with Crippen LogP contribution in [0.25, 0.3) is 6.08 Å². The summed E-state index contributed by atoms with van der Waals surface area (Å²) in [6.45, 7) is 1.77. The number of methoxy groups -OCH3 is 2. The molecule has 162 valence electrons. The fraction of sp³-hybridized carbons (Fsp3) is 0.120. The fourth-order valence-electron chi connectivity index (χ4n) is 3.46. The second-order valence-electron chi connectivity index (χ2n) is 7.03. The van der Waals surface area contributed by atoms with Crippen LogP contribution in [0.4, 0.5) is 0 Å². The number of ketones is 1. The van der Waals surface area contributed by atoms with Crippen LogP contribution in [0.3, 0.4) is 0 Å². The number of aryl methyl sites for hydroxylation is 1. The predicted octanol–water partition coefficient (Wildman–Crippen LogP) is 5.61. The third-order valence-corrected chi connectivity index (χ3v) is 5.48. The molecule has 0 aliphatic carbocycles. The molecule has 0 unspecified atom stereocenters. The average Bonchev–Trinajstić information content (AvgIpc) is 3.09. The summed E-state index contributed by atoms with van der Waals surface area (Å²) in [6, 6.07) is 15.4. The zero-order valence-corrected chi connectivity index (χ0v) is 19.2. The first-order valence-corrected chi connectivity index (χ1v) is 10.5. The molecule has 3 aromatic rings. The first-order chi connectivity index (χ1) is 15.4. The molecule has 0 saturated carbocycles. The Balaban J connectivity index is 1.63. The number of esters is 1. The molecule has 0 N–H and O–H groups in total. The smallest absolute Gasteiger partial charge is 0.343 e. The zero-order valence-electron chi connectivity index (χ0n) is 17.6. The van der Waals surface area contributed by atoms with Gasteiger partial charge in [-0.2, -0.15) is 0 Å². The topological polar surface area (TPSA) is 71.1 Å². The molecule has 7 heteroatoms. The lowest BCUT2D eigenvalue weighted by Gasteiger charge is -2.10. The maximum atomic E-state index is 13.0. The minimum absolute atomic E-state index is 0.144. The van der Waals surface area contributed by atoms with Crippen LogP contribution in [-0.2, 0) is 0 Å². The number of para-hydroxylation sites is 1. The summed E-state index contributed by atoms with van der Waals surface area (Å²) in [6.07, 6.45) is 1.61. The highest BCUT2D eigenvalue weighted by molar-refractivity contribution is 9.10. The molecule has 0 spiro atoms. The van der Waals surface area contributed by atoms with Crippen LogP contribution >= 0.6 is 15.9 Å². The van der Waals surface area contributed by atoms with E-state index in [1.165, 1.54) is 7.11 Å². The van der Waals surface area contributed by atoms with Crippen molar-refractivity contribution in [3.05, 3.63) is 87.1 Å². The Labute approximate surface area is 193 Å². The molecule has 1 aliphatic heterocycles. The molecule has 1 heterocycles. The number of allylic oxidation sites excluding steroid dienone is 1. The van der Waals surface area contributed by atoms with E-state index in [2.05, 4.69) is 15.9 Å². The summed E-state index contributed by atoms with van der Waals surface area (Å²) in [7, 11) is 3.07. The third kappa shape index (κ3) is 4.11. The number of carbonyl (C=O) groups is 2. The normalized spacial score (nSPS) is 13.5. The van der Waals surface area contributed by atoms with Crippen molar-refractivity contribution in [1.29, 1.82) is 0 Å². The van der Waals surface area contributed by atoms with Crippen LogP contribution in [0.15, 0.2) is 64.8 Å². The SMILES string of the molecule is COc1cccc(/C=C2\Oc3cc(OC(=O)c4ccc(Br)cc4)cc(C)c3C2=O)c1OC. The number of rotatable bonds is 5. The van der Waals surface area contributed by atoms with E-state index in [-0.39, 0.29) is 11.5 Å². The molecule has 0 amide bonds. The van der Waals surface area contributed by atoms with Crippen LogP contribution in [0, 0.1) is 6.92 Å². The summed E-state index contributed by atoms with van der Waals surface area (Å²) >= 11 is 3.34. The van der Waals surface area contributed by atoms with E-state index in [1.54, 1.807) is 74.7 Å². The average molecular weight is 495 g/mol. The van der Waals surface area contributed by atoms with Gasteiger partial charge in [0.1, 0.15) is 11.5 Å². The van der Waals surface area contributed by atoms with Gasteiger partial charge in [0.15, 0.2) is 17.3 Å². The monoisotopic (exact) mass is 494 g/mol. The molecule has 6 nitrogen and oxygen atoms in total. The lowest BCUT2D eigenvalue weighted by molar-refractivity contribution is 0.0734. The molecule has 0 saturated heterocycles. The van der Waals surface area contributed by atoms with Crippen LogP contribution in [0.1, 0.15) is 31.8 Å². The van der Waals surface area contributed by atoms with Gasteiger partial charge in [-0.1, -0.05) is 28.1 Å². The summed E-state index contributed by atoms with van der Waals surface area (Å²) in [5.41, 5.74) is 2.13. The summed E-state index contributed by atoms with van der Waals surface area (Å²) < 4.78 is 22.9. The van der Waals surface area contributed by atoms with Crippen molar-refractivity contribution in [2.24, 2.45) is 0 Å². The van der Waals surface area contributed by atoms with Gasteiger partial charge in [-0.3, -0.25) is 4.79 Å². The molecule has 0 aromatic heterocycles. The van der Waals surface area contributed by atoms with Gasteiger partial charge in [-0.15, -0.1) is 0 Å². The predicted molar refractivity (Wildman–Crippen MR) is 123 cm³/mol. The number of carbonyl (C=O) groups excluding carboxylic acids is 2. The largest absolute Gasteiger partial charge is 0.493 e. The molecule has 0 atom stereocenters. The Morgan fingerprint density at radius 1 is 1.03 bits per heavy atom. The lowest BCUT2D eigenvalue weighted by Crippen LogP contribution is -2.08. The number of Topliss-reactive ketones (excluding diaryl/α,β-unsaturated/α-hetero) is 1. The van der Waals surface area contributed by atoms with Crippen molar-refractivity contribution in [1.82, 2.24) is 0 Å². The molecule has 3 aromatic carbocycles. The van der Waals surface area contributed by atoms with E-state index in [0.29, 0.717) is 45.3 Å². The quantitative estimate of drug-likeness (QED) is 0.260. The van der Waals surface area contributed by atoms with Crippen molar-refractivity contribution in [2.45, 2.75) is 6.92 Å². The van der Waals surface area contributed by atoms with Crippen molar-refractivity contribution < 1.29 is 28.5 Å². The zero-order chi connectivity index (χ0) is 22.8. The molecule has 4 rings (SSSR count). The van der Waals surface area contributed by atoms with E-state index < -0.39 is 5.97 Å². The maximum absolute atomic E-state index is 13.0. The number of fused-ring (bicyclic) bond motifs is 1. The standard InChI is InChI=1S/C25H19BrO6/c1-14-11-18(31-25(28)15-7-9-17(26)10-8-15)13-20-22(14)23(27)21(32-20)12-16-5-4-6-19(29-2)24(16)30-3/h4-13H,1-3H3/b21-12-. The van der Waals surface area contributed by atoms with Crippen LogP contribution < -0.4 is 18.9 Å². The van der Waals surface area contributed by atoms with E-state index in [1.807, 2.05) is 0 Å². The van der Waals surface area contributed by atoms with Gasteiger partial charge in [0.05, 0.1) is 25.3 Å². The Morgan fingerprint density at radius 3 is 2.47 bits per heavy atom. The van der Waals surface area contributed by atoms with E-state index in [9.17, 15) is 9.59 Å². The third-order valence-electron chi connectivity index (χ3n) is 4.95. The van der Waals surface area contributed by atoms with Gasteiger partial charge >= 0.3 is 5.97 Å². The van der Waals surface area contributed by atoms with Crippen molar-refractivity contribution in [3.8, 4) is 23.0 Å². The summed E-state index contributed by atoms with van der Waals surface area (Å²) in [4.78, 5) is 25.4. The van der Waals surface area contributed by atoms with Gasteiger partial charge in [-0.25, -0.2) is 4.79 Å². The Morgan fingerprint density at radius 2 is 1.78 bits per heavy atom. The van der Waals surface area contributed by atoms with Crippen LogP contribution in [0.2, 0.25) is 0 Å². The first kappa shape index (κ1) is 21.6. The van der Waals surface area contributed by atoms with Gasteiger partial charge < -0.3 is 18.9 Å². The van der Waals surface area contributed by atoms with Gasteiger partial charge in [0.2, 0.25) is 5.78 Å². The van der Waals surface area contributed by atoms with Crippen LogP contribution in [0.5, 0.6) is 23.0 Å². The molecule has 32 heavy (non-hydrogen) atoms. The van der Waals surface area contributed by atoms with Gasteiger partial charge in [-0.05, 0) is 55.0 Å². The van der Waals surface area contributed by atoms with E-state index in [4.69, 9.17) is 18.9 Å². The highest BCUT2D eigenvalue weighted by atomic mass is 79.9. The van der Waals surface area contributed by atoms with Gasteiger partial charge in [0.25, 0.3) is 0 Å². The Kier molecular flexibility index (Phi) is 6.01. The van der Waals surface area contributed by atoms with E-state index >= 15 is 0 Å². The Bertz CT molecular complexity index is 1240. The van der Waals surface area contributed by atoms with Gasteiger partial charge in [0, 0.05) is 16.1 Å². The molecule has 0 bridgehead atoms. The minimum Gasteiger partial charge on any atom is -0.493 e. The molecule has 0 fully saturated rings. The number of benzene rings is 3. The lowest BCUT2D eigenvalue weighted by atomic mass is 10.0. The highest BCUT2D eigenvalue weighted by Crippen LogP contribution is 2.39. The molecular weight excluding hydrogens is 476 g/mol. The second-order valence-corrected chi connectivity index (χ2v) is 7.95. The number of hydrogen-bond donors (Lipinski definition) is 0. The summed E-state index contributed by atoms with van der Waals surface area (Å²) in [5.74, 6) is 1.06. The molecule has 0 radical (unpaired) electrons. The van der Waals surface area contributed by atoms with Crippen molar-refractivity contribution in [2.75, 3.05) is 14.2 Å². The van der Waals surface area contributed by atoms with Crippen molar-refractivity contribution in [3.63, 3.8) is 0 Å². The molecular formula is C25H19BrO6. The first-order valence-electron chi connectivity index (χ1n) is 9.69. The molecule has 1 aliphatic rings. The highest BCUT2D eigenvalue weighted by Gasteiger charge is 2.31. The summed E-state index contributed by atoms with van der Waals surface area (Å²) in [5, 5.41) is 0.